The average molecular weight is 351 g/mol. The lowest BCUT2D eigenvalue weighted by molar-refractivity contribution is 0.218. The van der Waals surface area contributed by atoms with E-state index < -0.39 is 0 Å². The van der Waals surface area contributed by atoms with E-state index >= 15 is 0 Å². The van der Waals surface area contributed by atoms with Crippen molar-refractivity contribution in [2.24, 2.45) is 0 Å². The van der Waals surface area contributed by atoms with Crippen LogP contribution in [0.4, 0.5) is 0 Å². The Morgan fingerprint density at radius 1 is 1.31 bits per heavy atom. The summed E-state index contributed by atoms with van der Waals surface area (Å²) in [5, 5.41) is 16.1. The van der Waals surface area contributed by atoms with Gasteiger partial charge < -0.3 is 20.1 Å². The van der Waals surface area contributed by atoms with E-state index in [0.717, 1.165) is 42.8 Å². The molecule has 2 atom stereocenters. The number of fused-ring (bicyclic) bond motifs is 1. The maximum Gasteiger partial charge on any atom is 0.231 e. The van der Waals surface area contributed by atoms with Crippen LogP contribution in [0.2, 0.25) is 0 Å². The number of nitrogens with one attached hydrogen (secondary N) is 2. The van der Waals surface area contributed by atoms with Crippen LogP contribution in [0.25, 0.3) is 0 Å². The summed E-state index contributed by atoms with van der Waals surface area (Å²) >= 11 is 0. The highest BCUT2D eigenvalue weighted by atomic mass is 16.5. The number of methoxy groups -OCH3 is 1. The first kappa shape index (κ1) is 16.8. The van der Waals surface area contributed by atoms with Crippen molar-refractivity contribution in [3.8, 4) is 17.7 Å². The molecular weight excluding hydrogens is 330 g/mol. The molecule has 2 aromatic rings. The third-order valence-corrected chi connectivity index (χ3v) is 4.95. The quantitative estimate of drug-likeness (QED) is 0.862. The third kappa shape index (κ3) is 3.21. The molecule has 2 aromatic heterocycles. The van der Waals surface area contributed by atoms with Crippen molar-refractivity contribution in [2.75, 3.05) is 20.2 Å². The Labute approximate surface area is 152 Å². The van der Waals surface area contributed by atoms with Crippen LogP contribution >= 0.6 is 0 Å². The SMILES string of the molecule is COc1ncc(C2Cc3c(cncc3O[C@H]3CCNC3)CN2)cc1C#N. The minimum atomic E-state index is 0.0689. The highest BCUT2D eigenvalue weighted by molar-refractivity contribution is 5.44. The van der Waals surface area contributed by atoms with E-state index in [1.165, 1.54) is 12.7 Å². The lowest BCUT2D eigenvalue weighted by atomic mass is 9.92. The second-order valence-electron chi connectivity index (χ2n) is 6.58. The van der Waals surface area contributed by atoms with Gasteiger partial charge in [0.25, 0.3) is 0 Å². The minimum absolute atomic E-state index is 0.0689. The van der Waals surface area contributed by atoms with Crippen LogP contribution in [0, 0.1) is 11.3 Å². The van der Waals surface area contributed by atoms with Gasteiger partial charge in [-0.05, 0) is 36.6 Å². The fourth-order valence-electron chi connectivity index (χ4n) is 3.55. The number of hydrogen-bond donors (Lipinski definition) is 2. The summed E-state index contributed by atoms with van der Waals surface area (Å²) in [7, 11) is 1.52. The molecule has 2 N–H and O–H groups in total. The molecule has 134 valence electrons. The first-order valence-corrected chi connectivity index (χ1v) is 8.79. The van der Waals surface area contributed by atoms with E-state index in [-0.39, 0.29) is 12.1 Å². The largest absolute Gasteiger partial charge is 0.487 e. The average Bonchev–Trinajstić information content (AvgIpc) is 3.20. The summed E-state index contributed by atoms with van der Waals surface area (Å²) in [5.74, 6) is 1.22. The van der Waals surface area contributed by atoms with E-state index in [4.69, 9.17) is 9.47 Å². The number of nitrogens with zero attached hydrogens (tertiary/aromatic N) is 3. The molecule has 4 rings (SSSR count). The number of hydrogen-bond acceptors (Lipinski definition) is 7. The van der Waals surface area contributed by atoms with Gasteiger partial charge in [-0.15, -0.1) is 0 Å². The van der Waals surface area contributed by atoms with Gasteiger partial charge in [0, 0.05) is 37.1 Å². The highest BCUT2D eigenvalue weighted by Crippen LogP contribution is 2.33. The summed E-state index contributed by atoms with van der Waals surface area (Å²) < 4.78 is 11.3. The fourth-order valence-corrected chi connectivity index (χ4v) is 3.55. The number of aromatic nitrogens is 2. The van der Waals surface area contributed by atoms with Crippen molar-refractivity contribution >= 4 is 0 Å². The second-order valence-corrected chi connectivity index (χ2v) is 6.58. The Bertz CT molecular complexity index is 842. The molecule has 26 heavy (non-hydrogen) atoms. The van der Waals surface area contributed by atoms with Crippen LogP contribution in [-0.2, 0) is 13.0 Å². The highest BCUT2D eigenvalue weighted by Gasteiger charge is 2.26. The Kier molecular flexibility index (Phi) is 4.69. The van der Waals surface area contributed by atoms with Gasteiger partial charge in [0.2, 0.25) is 5.88 Å². The zero-order valence-electron chi connectivity index (χ0n) is 14.7. The normalized spacial score (nSPS) is 21.7. The molecule has 4 heterocycles. The van der Waals surface area contributed by atoms with Crippen molar-refractivity contribution in [3.63, 3.8) is 0 Å². The van der Waals surface area contributed by atoms with E-state index in [0.29, 0.717) is 18.0 Å². The van der Waals surface area contributed by atoms with E-state index in [1.807, 2.05) is 18.5 Å². The predicted octanol–water partition coefficient (Wildman–Crippen LogP) is 1.48. The van der Waals surface area contributed by atoms with Gasteiger partial charge in [-0.3, -0.25) is 4.98 Å². The molecule has 0 saturated carbocycles. The number of pyridine rings is 2. The Morgan fingerprint density at radius 3 is 3.00 bits per heavy atom. The molecule has 1 fully saturated rings. The van der Waals surface area contributed by atoms with Crippen molar-refractivity contribution in [1.82, 2.24) is 20.6 Å². The molecule has 7 heteroatoms. The van der Waals surface area contributed by atoms with E-state index in [2.05, 4.69) is 26.7 Å². The predicted molar refractivity (Wildman–Crippen MR) is 94.9 cm³/mol. The molecular formula is C19H21N5O2. The lowest BCUT2D eigenvalue weighted by Crippen LogP contribution is -2.30. The first-order chi connectivity index (χ1) is 12.8. The van der Waals surface area contributed by atoms with Crippen LogP contribution in [0.3, 0.4) is 0 Å². The van der Waals surface area contributed by atoms with E-state index in [1.54, 1.807) is 6.20 Å². The van der Waals surface area contributed by atoms with Crippen LogP contribution in [0.1, 0.15) is 34.7 Å². The monoisotopic (exact) mass is 351 g/mol. The van der Waals surface area contributed by atoms with Gasteiger partial charge in [-0.25, -0.2) is 4.98 Å². The standard InChI is InChI=1S/C19H21N5O2/c1-25-19-12(6-20)4-13(8-24-19)17-5-16-14(9-23-17)7-22-11-18(16)26-15-2-3-21-10-15/h4,7-8,11,15,17,21,23H,2-3,5,9-10H2,1H3/t15-,17?/m0/s1. The van der Waals surface area contributed by atoms with E-state index in [9.17, 15) is 5.26 Å². The summed E-state index contributed by atoms with van der Waals surface area (Å²) in [6.07, 6.45) is 7.46. The Morgan fingerprint density at radius 2 is 2.23 bits per heavy atom. The molecule has 0 amide bonds. The summed E-state index contributed by atoms with van der Waals surface area (Å²) in [6, 6.07) is 4.06. The van der Waals surface area contributed by atoms with Crippen molar-refractivity contribution in [3.05, 3.63) is 46.9 Å². The summed E-state index contributed by atoms with van der Waals surface area (Å²) in [4.78, 5) is 8.60. The van der Waals surface area contributed by atoms with Gasteiger partial charge in [-0.2, -0.15) is 5.26 Å². The first-order valence-electron chi connectivity index (χ1n) is 8.79. The van der Waals surface area contributed by atoms with Crippen molar-refractivity contribution in [1.29, 1.82) is 5.26 Å². The topological polar surface area (TPSA) is 92.1 Å². The van der Waals surface area contributed by atoms with Gasteiger partial charge in [0.1, 0.15) is 23.5 Å². The van der Waals surface area contributed by atoms with Crippen LogP contribution in [-0.4, -0.2) is 36.3 Å². The van der Waals surface area contributed by atoms with Crippen molar-refractivity contribution < 1.29 is 9.47 Å². The summed E-state index contributed by atoms with van der Waals surface area (Å²) in [5.41, 5.74) is 3.76. The van der Waals surface area contributed by atoms with Gasteiger partial charge in [0.05, 0.1) is 13.3 Å². The minimum Gasteiger partial charge on any atom is -0.487 e. The molecule has 1 saturated heterocycles. The molecule has 0 bridgehead atoms. The Balaban J connectivity index is 1.60. The number of rotatable bonds is 4. The van der Waals surface area contributed by atoms with Crippen LogP contribution in [0.15, 0.2) is 24.7 Å². The van der Waals surface area contributed by atoms with Gasteiger partial charge >= 0.3 is 0 Å². The fraction of sp³-hybridized carbons (Fsp3) is 0.421. The number of nitriles is 1. The molecule has 0 aromatic carbocycles. The maximum absolute atomic E-state index is 9.31. The zero-order valence-corrected chi connectivity index (χ0v) is 14.7. The van der Waals surface area contributed by atoms with Crippen LogP contribution in [0.5, 0.6) is 11.6 Å². The molecule has 2 aliphatic heterocycles. The molecule has 0 aliphatic carbocycles. The second kappa shape index (κ2) is 7.28. The van der Waals surface area contributed by atoms with Crippen molar-refractivity contribution in [2.45, 2.75) is 31.5 Å². The van der Waals surface area contributed by atoms with Gasteiger partial charge in [0.15, 0.2) is 0 Å². The number of ether oxygens (including phenoxy) is 2. The molecule has 0 spiro atoms. The zero-order chi connectivity index (χ0) is 17.9. The maximum atomic E-state index is 9.31. The Hall–Kier alpha value is -2.69. The molecule has 0 radical (unpaired) electrons. The molecule has 1 unspecified atom stereocenters. The van der Waals surface area contributed by atoms with Crippen LogP contribution < -0.4 is 20.1 Å². The summed E-state index contributed by atoms with van der Waals surface area (Å²) in [6.45, 7) is 2.58. The molecule has 2 aliphatic rings. The third-order valence-electron chi connectivity index (χ3n) is 4.95. The van der Waals surface area contributed by atoms with Gasteiger partial charge in [-0.1, -0.05) is 0 Å². The molecule has 7 nitrogen and oxygen atoms in total. The lowest BCUT2D eigenvalue weighted by Gasteiger charge is -2.28. The smallest absolute Gasteiger partial charge is 0.231 e.